The fourth-order valence-electron chi connectivity index (χ4n) is 19.3. The van der Waals surface area contributed by atoms with Crippen molar-refractivity contribution in [3.05, 3.63) is 291 Å². The number of hydrogen-bond donors (Lipinski definition) is 0. The van der Waals surface area contributed by atoms with Crippen LogP contribution >= 0.6 is 45.3 Å². The first-order chi connectivity index (χ1) is 49.7. The van der Waals surface area contributed by atoms with E-state index < -0.39 is 0 Å². The van der Waals surface area contributed by atoms with Gasteiger partial charge in [0, 0.05) is 139 Å². The van der Waals surface area contributed by atoms with Gasteiger partial charge in [0.25, 0.3) is 26.9 Å². The van der Waals surface area contributed by atoms with E-state index in [0.29, 0.717) is 0 Å². The first kappa shape index (κ1) is 53.8. The van der Waals surface area contributed by atoms with Crippen molar-refractivity contribution in [1.29, 1.82) is 0 Å². The van der Waals surface area contributed by atoms with Crippen molar-refractivity contribution in [2.24, 2.45) is 0 Å². The first-order valence-electron chi connectivity index (χ1n) is 34.5. The Morgan fingerprint density at radius 2 is 0.460 bits per heavy atom. The highest BCUT2D eigenvalue weighted by Gasteiger charge is 2.57. The average Bonchev–Trinajstić information content (AvgIpc) is 1.22. The number of para-hydroxylation sites is 6. The molecule has 458 valence electrons. The van der Waals surface area contributed by atoms with Crippen LogP contribution in [0.25, 0.3) is 40.3 Å². The van der Waals surface area contributed by atoms with Crippen LogP contribution in [0.15, 0.2) is 291 Å². The lowest BCUT2D eigenvalue weighted by Crippen LogP contribution is -2.70. The quantitative estimate of drug-likeness (QED) is 0.162. The summed E-state index contributed by atoms with van der Waals surface area (Å²) in [6, 6.07) is 111. The van der Waals surface area contributed by atoms with Crippen LogP contribution in [0.1, 0.15) is 0 Å². The normalized spacial score (nSPS) is 14.6. The fourth-order valence-corrected chi connectivity index (χ4v) is 24.7. The van der Waals surface area contributed by atoms with E-state index in [9.17, 15) is 0 Å². The number of fused-ring (bicyclic) bond motifs is 28. The molecule has 8 aliphatic rings. The molecule has 0 atom stereocenters. The van der Waals surface area contributed by atoms with Crippen molar-refractivity contribution in [3.63, 3.8) is 0 Å². The Hall–Kier alpha value is -11.2. The van der Waals surface area contributed by atoms with Gasteiger partial charge in [0.2, 0.25) is 0 Å². The molecule has 8 aliphatic heterocycles. The number of benzene rings is 13. The summed E-state index contributed by atoms with van der Waals surface area (Å²) in [5, 5.41) is 5.17. The fraction of sp³-hybridized carbons (Fsp3) is 0. The second-order valence-corrected chi connectivity index (χ2v) is 31.9. The molecule has 0 saturated carbocycles. The summed E-state index contributed by atoms with van der Waals surface area (Å²) in [7, 11) is 0. The van der Waals surface area contributed by atoms with E-state index in [1.165, 1.54) is 183 Å². The lowest BCUT2D eigenvalue weighted by Gasteiger charge is -2.51. The zero-order valence-corrected chi connectivity index (χ0v) is 56.6. The molecule has 0 N–H and O–H groups in total. The predicted molar refractivity (Wildman–Crippen MR) is 435 cm³/mol. The Balaban J connectivity index is 0.830. The molecule has 6 nitrogen and oxygen atoms in total. The van der Waals surface area contributed by atoms with Crippen LogP contribution in [0.4, 0.5) is 102 Å². The minimum Gasteiger partial charge on any atom is -0.311 e. The van der Waals surface area contributed by atoms with Gasteiger partial charge in [-0.05, 0) is 147 Å². The summed E-state index contributed by atoms with van der Waals surface area (Å²) >= 11 is 7.95. The molecule has 0 saturated heterocycles. The first-order valence-corrected chi connectivity index (χ1v) is 37.8. The highest BCUT2D eigenvalue weighted by atomic mass is 32.1. The van der Waals surface area contributed by atoms with Gasteiger partial charge in [0.15, 0.2) is 0 Å². The molecule has 0 amide bonds. The molecule has 0 aliphatic carbocycles. The summed E-state index contributed by atoms with van der Waals surface area (Å²) in [5.74, 6) is 0. The van der Waals surface area contributed by atoms with Crippen LogP contribution in [0.3, 0.4) is 0 Å². The van der Waals surface area contributed by atoms with Gasteiger partial charge in [-0.15, -0.1) is 45.3 Å². The van der Waals surface area contributed by atoms with Crippen molar-refractivity contribution in [3.8, 4) is 0 Å². The van der Waals surface area contributed by atoms with Crippen molar-refractivity contribution >= 4 is 278 Å². The Kier molecular flexibility index (Phi) is 10.4. The number of anilines is 18. The standard InChI is InChI=1S/C86H48B4N6S4/c1-5-25-49(26-6-1)91-63-46-64-60(45-59(63)87-57-37-17-19-39-61(57)95-79-55-35-15-23-43-71(55)99-85(79)89-75-67(47-65(91)73(87)81(75)95)93(51-29-9-3-10-30-51)77-53-33-13-21-41-69(53)97-83(77)89)88-58-38-18-20-40-62(58)96-80-56-36-16-24-44-72(56)100-86(80)90-76-68(48-66(74(88)82(76)96)92(64)50-27-7-2-8-28-50)94(52-31-11-4-12-32-52)78-54-34-14-22-42-70(54)98-84(78)90/h1-48H. The molecule has 14 heteroatoms. The van der Waals surface area contributed by atoms with E-state index in [1.54, 1.807) is 0 Å². The van der Waals surface area contributed by atoms with E-state index in [0.717, 1.165) is 22.7 Å². The average molecular weight is 1340 g/mol. The third-order valence-electron chi connectivity index (χ3n) is 22.9. The second-order valence-electron chi connectivity index (χ2n) is 27.6. The van der Waals surface area contributed by atoms with Crippen LogP contribution in [-0.2, 0) is 0 Å². The third kappa shape index (κ3) is 6.61. The zero-order valence-electron chi connectivity index (χ0n) is 53.3. The van der Waals surface area contributed by atoms with Gasteiger partial charge in [-0.2, -0.15) is 0 Å². The van der Waals surface area contributed by atoms with E-state index in [2.05, 4.69) is 321 Å². The SMILES string of the molecule is c1ccc(N2c3cc4c(cc3B3c5ccccc5N5c6c3c2cc2c6B(c3sc6ccccc6c3N2c2ccccc2)c2sc3ccccc3c25)B2c3ccccc3N3c5c2c(cc2c5B(c5sc6ccccc6c5N2c2ccccc2)c2sc5ccccc5c23)N4c2ccccc2)cc1. The van der Waals surface area contributed by atoms with Gasteiger partial charge >= 0.3 is 0 Å². The molecule has 12 heterocycles. The third-order valence-corrected chi connectivity index (χ3v) is 27.8. The molecule has 0 bridgehead atoms. The van der Waals surface area contributed by atoms with Crippen molar-refractivity contribution in [2.75, 3.05) is 29.4 Å². The summed E-state index contributed by atoms with van der Waals surface area (Å²) in [5.41, 5.74) is 32.8. The molecule has 4 aromatic heterocycles. The summed E-state index contributed by atoms with van der Waals surface area (Å²) in [6.07, 6.45) is 0. The highest BCUT2D eigenvalue weighted by Crippen LogP contribution is 2.58. The topological polar surface area (TPSA) is 19.4 Å². The Morgan fingerprint density at radius 3 is 0.820 bits per heavy atom. The summed E-state index contributed by atoms with van der Waals surface area (Å²) in [4.78, 5) is 16.1. The summed E-state index contributed by atoms with van der Waals surface area (Å²) < 4.78 is 10.9. The molecular weight excluding hydrogens is 1290 g/mol. The molecule has 0 fully saturated rings. The van der Waals surface area contributed by atoms with Crippen molar-refractivity contribution in [1.82, 2.24) is 0 Å². The minimum absolute atomic E-state index is 0.0148. The summed E-state index contributed by atoms with van der Waals surface area (Å²) in [6.45, 7) is -0.330. The van der Waals surface area contributed by atoms with Crippen LogP contribution in [-0.4, -0.2) is 26.9 Å². The smallest absolute Gasteiger partial charge is 0.277 e. The maximum atomic E-state index is 2.75. The van der Waals surface area contributed by atoms with Gasteiger partial charge in [-0.3, -0.25) is 0 Å². The molecule has 0 radical (unpaired) electrons. The van der Waals surface area contributed by atoms with Gasteiger partial charge in [-0.25, -0.2) is 0 Å². The largest absolute Gasteiger partial charge is 0.311 e. The Labute approximate surface area is 593 Å². The predicted octanol–water partition coefficient (Wildman–Crippen LogP) is 15.9. The molecule has 0 unspecified atom stereocenters. The lowest BCUT2D eigenvalue weighted by atomic mass is 9.28. The molecule has 17 aromatic rings. The Bertz CT molecular complexity index is 6130. The molecule has 25 rings (SSSR count). The van der Waals surface area contributed by atoms with Crippen LogP contribution < -0.4 is 92.2 Å². The minimum atomic E-state index is -0.150. The highest BCUT2D eigenvalue weighted by molar-refractivity contribution is 7.42. The van der Waals surface area contributed by atoms with Crippen molar-refractivity contribution in [2.45, 2.75) is 0 Å². The number of hydrogen-bond acceptors (Lipinski definition) is 10. The monoisotopic (exact) mass is 1340 g/mol. The van der Waals surface area contributed by atoms with Gasteiger partial charge in [0.05, 0.1) is 22.7 Å². The van der Waals surface area contributed by atoms with E-state index in [-0.39, 0.29) is 26.9 Å². The van der Waals surface area contributed by atoms with Crippen LogP contribution in [0.2, 0.25) is 0 Å². The van der Waals surface area contributed by atoms with E-state index >= 15 is 0 Å². The van der Waals surface area contributed by atoms with E-state index in [1.807, 2.05) is 45.3 Å². The molecular formula is C86H48B4N6S4. The second kappa shape index (κ2) is 19.4. The molecule has 0 spiro atoms. The van der Waals surface area contributed by atoms with Crippen LogP contribution in [0, 0.1) is 0 Å². The van der Waals surface area contributed by atoms with Crippen molar-refractivity contribution < 1.29 is 0 Å². The van der Waals surface area contributed by atoms with Crippen LogP contribution in [0.5, 0.6) is 0 Å². The maximum Gasteiger partial charge on any atom is 0.277 e. The molecule has 13 aromatic carbocycles. The maximum absolute atomic E-state index is 2.75. The lowest BCUT2D eigenvalue weighted by molar-refractivity contribution is 1.23. The number of thiophene rings is 4. The van der Waals surface area contributed by atoms with Gasteiger partial charge in [-0.1, -0.05) is 188 Å². The van der Waals surface area contributed by atoms with Gasteiger partial charge < -0.3 is 29.4 Å². The van der Waals surface area contributed by atoms with Gasteiger partial charge in [0.1, 0.15) is 0 Å². The molecule has 100 heavy (non-hydrogen) atoms. The Morgan fingerprint density at radius 1 is 0.190 bits per heavy atom. The zero-order chi connectivity index (χ0) is 64.5. The number of rotatable bonds is 4. The number of nitrogens with zero attached hydrogens (tertiary/aromatic N) is 6. The van der Waals surface area contributed by atoms with E-state index in [4.69, 9.17) is 0 Å².